The number of carbonyl (C=O) groups excluding carboxylic acids is 2. The lowest BCUT2D eigenvalue weighted by molar-refractivity contribution is -0.121. The first-order valence-corrected chi connectivity index (χ1v) is 4.59. The molecule has 1 aromatic heterocycles. The largest absolute Gasteiger partial charge is 0.472 e. The third-order valence-corrected chi connectivity index (χ3v) is 1.78. The lowest BCUT2D eigenvalue weighted by Crippen LogP contribution is -2.27. The van der Waals surface area contributed by atoms with E-state index in [1.54, 1.807) is 0 Å². The molecule has 1 heterocycles. The van der Waals surface area contributed by atoms with E-state index < -0.39 is 17.0 Å². The molecular weight excluding hydrogens is 236 g/mol. The van der Waals surface area contributed by atoms with Gasteiger partial charge in [0.15, 0.2) is 0 Å². The number of rotatable bonds is 3. The molecule has 0 saturated heterocycles. The van der Waals surface area contributed by atoms with Crippen LogP contribution in [0.25, 0.3) is 0 Å². The zero-order chi connectivity index (χ0) is 12.1. The molecule has 6 nitrogen and oxygen atoms in total. The predicted molar refractivity (Wildman–Crippen MR) is 56.1 cm³/mol. The lowest BCUT2D eigenvalue weighted by Gasteiger charge is -2.06. The van der Waals surface area contributed by atoms with E-state index in [-0.39, 0.29) is 5.56 Å². The van der Waals surface area contributed by atoms with Crippen molar-refractivity contribution < 1.29 is 18.8 Å². The van der Waals surface area contributed by atoms with Gasteiger partial charge in [0.05, 0.1) is 6.26 Å². The van der Waals surface area contributed by atoms with Crippen LogP contribution >= 0.6 is 11.6 Å². The van der Waals surface area contributed by atoms with Gasteiger partial charge < -0.3 is 14.2 Å². The summed E-state index contributed by atoms with van der Waals surface area (Å²) in [6.45, 7) is 0. The molecular formula is C9H9ClN2O4. The van der Waals surface area contributed by atoms with Crippen LogP contribution in [0.1, 0.15) is 10.4 Å². The topological polar surface area (TPSA) is 72.1 Å². The fraction of sp³-hybridized carbons (Fsp3) is 0.222. The maximum Gasteiger partial charge on any atom is 0.369 e. The normalized spacial score (nSPS) is 11.1. The number of hydrogen-bond donors (Lipinski definition) is 0. The van der Waals surface area contributed by atoms with Crippen LogP contribution in [0, 0.1) is 0 Å². The van der Waals surface area contributed by atoms with Crippen LogP contribution in [-0.2, 0) is 9.63 Å². The van der Waals surface area contributed by atoms with Gasteiger partial charge in [0.1, 0.15) is 11.8 Å². The van der Waals surface area contributed by atoms with Crippen LogP contribution in [0.15, 0.2) is 28.2 Å². The fourth-order valence-electron chi connectivity index (χ4n) is 0.738. The number of halogens is 1. The zero-order valence-electron chi connectivity index (χ0n) is 8.64. The minimum atomic E-state index is -0.751. The molecule has 0 spiro atoms. The Bertz CT molecular complexity index is 411. The Hall–Kier alpha value is -1.82. The summed E-state index contributed by atoms with van der Waals surface area (Å²) in [5, 5.41) is 2.77. The van der Waals surface area contributed by atoms with Crippen molar-refractivity contribution in [2.24, 2.45) is 5.16 Å². The molecule has 86 valence electrons. The Balaban J connectivity index is 2.60. The van der Waals surface area contributed by atoms with Gasteiger partial charge in [-0.1, -0.05) is 16.8 Å². The Morgan fingerprint density at radius 3 is 2.69 bits per heavy atom. The summed E-state index contributed by atoms with van der Waals surface area (Å²) in [7, 11) is 3.00. The monoisotopic (exact) mass is 244 g/mol. The van der Waals surface area contributed by atoms with Crippen LogP contribution in [0.5, 0.6) is 0 Å². The predicted octanol–water partition coefficient (Wildman–Crippen LogP) is 1.08. The van der Waals surface area contributed by atoms with Gasteiger partial charge in [0.2, 0.25) is 5.17 Å². The van der Waals surface area contributed by atoms with Gasteiger partial charge in [-0.25, -0.2) is 4.79 Å². The van der Waals surface area contributed by atoms with Crippen LogP contribution in [0.3, 0.4) is 0 Å². The molecule has 7 heteroatoms. The van der Waals surface area contributed by atoms with E-state index in [0.717, 1.165) is 0 Å². The Kier molecular flexibility index (Phi) is 4.07. The third kappa shape index (κ3) is 3.09. The summed E-state index contributed by atoms with van der Waals surface area (Å²) in [6.07, 6.45) is 2.51. The molecule has 0 radical (unpaired) electrons. The molecule has 0 fully saturated rings. The standard InChI is InChI=1S/C9H9ClN2O4/c1-12(2)8(13)7(10)11-16-9(14)6-3-4-15-5-6/h3-5H,1-2H3/b11-7-. The molecule has 0 aliphatic rings. The average Bonchev–Trinajstić information content (AvgIpc) is 2.77. The molecule has 1 amide bonds. The zero-order valence-corrected chi connectivity index (χ0v) is 9.39. The molecule has 0 aliphatic heterocycles. The molecule has 0 unspecified atom stereocenters. The van der Waals surface area contributed by atoms with Gasteiger partial charge in [-0.2, -0.15) is 0 Å². The second kappa shape index (κ2) is 5.32. The smallest absolute Gasteiger partial charge is 0.369 e. The molecule has 0 atom stereocenters. The minimum Gasteiger partial charge on any atom is -0.472 e. The second-order valence-electron chi connectivity index (χ2n) is 2.97. The molecule has 0 bridgehead atoms. The highest BCUT2D eigenvalue weighted by Gasteiger charge is 2.14. The summed E-state index contributed by atoms with van der Waals surface area (Å²) in [6, 6.07) is 1.40. The van der Waals surface area contributed by atoms with Gasteiger partial charge in [-0.3, -0.25) is 4.79 Å². The summed E-state index contributed by atoms with van der Waals surface area (Å²) in [5.41, 5.74) is 0.186. The SMILES string of the molecule is CN(C)C(=O)/C(Cl)=N/OC(=O)c1ccoc1. The summed E-state index contributed by atoms with van der Waals surface area (Å²) >= 11 is 5.49. The summed E-state index contributed by atoms with van der Waals surface area (Å²) in [4.78, 5) is 28.1. The van der Waals surface area contributed by atoms with Crippen molar-refractivity contribution in [1.29, 1.82) is 0 Å². The average molecular weight is 245 g/mol. The van der Waals surface area contributed by atoms with E-state index in [2.05, 4.69) is 14.4 Å². The highest BCUT2D eigenvalue weighted by molar-refractivity contribution is 6.82. The number of amides is 1. The first kappa shape index (κ1) is 12.3. The highest BCUT2D eigenvalue weighted by Crippen LogP contribution is 2.03. The van der Waals surface area contributed by atoms with E-state index in [9.17, 15) is 9.59 Å². The van der Waals surface area contributed by atoms with E-state index >= 15 is 0 Å². The van der Waals surface area contributed by atoms with Crippen LogP contribution in [0.2, 0.25) is 0 Å². The van der Waals surface area contributed by atoms with Crippen molar-refractivity contribution in [1.82, 2.24) is 4.90 Å². The number of carbonyl (C=O) groups is 2. The Morgan fingerprint density at radius 1 is 1.50 bits per heavy atom. The van der Waals surface area contributed by atoms with Crippen LogP contribution < -0.4 is 0 Å². The number of hydrogen-bond acceptors (Lipinski definition) is 5. The molecule has 0 N–H and O–H groups in total. The first-order chi connectivity index (χ1) is 7.52. The van der Waals surface area contributed by atoms with E-state index in [1.807, 2.05) is 0 Å². The number of nitrogens with zero attached hydrogens (tertiary/aromatic N) is 2. The van der Waals surface area contributed by atoms with E-state index in [0.29, 0.717) is 0 Å². The molecule has 1 aromatic rings. The molecule has 0 aliphatic carbocycles. The summed E-state index contributed by atoms with van der Waals surface area (Å²) < 4.78 is 4.67. The Labute approximate surface area is 96.4 Å². The van der Waals surface area contributed by atoms with Crippen molar-refractivity contribution in [2.45, 2.75) is 0 Å². The van der Waals surface area contributed by atoms with Crippen molar-refractivity contribution in [3.8, 4) is 0 Å². The number of furan rings is 1. The molecule has 1 rings (SSSR count). The molecule has 16 heavy (non-hydrogen) atoms. The minimum absolute atomic E-state index is 0.186. The van der Waals surface area contributed by atoms with Gasteiger partial charge >= 0.3 is 5.97 Å². The third-order valence-electron chi connectivity index (χ3n) is 1.55. The highest BCUT2D eigenvalue weighted by atomic mass is 35.5. The Morgan fingerprint density at radius 2 is 2.19 bits per heavy atom. The maximum absolute atomic E-state index is 11.2. The lowest BCUT2D eigenvalue weighted by atomic mass is 10.4. The van der Waals surface area contributed by atoms with Gasteiger partial charge in [0.25, 0.3) is 5.91 Å². The van der Waals surface area contributed by atoms with Crippen molar-refractivity contribution >= 4 is 28.6 Å². The van der Waals surface area contributed by atoms with Crippen molar-refractivity contribution in [2.75, 3.05) is 14.1 Å². The van der Waals surface area contributed by atoms with E-state index in [4.69, 9.17) is 11.6 Å². The fourth-order valence-corrected chi connectivity index (χ4v) is 0.942. The second-order valence-corrected chi connectivity index (χ2v) is 3.33. The first-order valence-electron chi connectivity index (χ1n) is 4.21. The molecule has 0 aromatic carbocycles. The molecule has 0 saturated carbocycles. The van der Waals surface area contributed by atoms with Gasteiger partial charge in [-0.15, -0.1) is 0 Å². The summed E-state index contributed by atoms with van der Waals surface area (Å²) in [5.74, 6) is -1.31. The van der Waals surface area contributed by atoms with Gasteiger partial charge in [-0.05, 0) is 6.07 Å². The van der Waals surface area contributed by atoms with E-state index in [1.165, 1.54) is 37.6 Å². The van der Waals surface area contributed by atoms with Crippen molar-refractivity contribution in [3.05, 3.63) is 24.2 Å². The van der Waals surface area contributed by atoms with Crippen LogP contribution in [-0.4, -0.2) is 36.0 Å². The van der Waals surface area contributed by atoms with Crippen molar-refractivity contribution in [3.63, 3.8) is 0 Å². The quantitative estimate of drug-likeness (QED) is 0.453. The maximum atomic E-state index is 11.2. The van der Waals surface area contributed by atoms with Crippen LogP contribution in [0.4, 0.5) is 0 Å². The number of oxime groups is 1. The van der Waals surface area contributed by atoms with Gasteiger partial charge in [0, 0.05) is 14.1 Å².